The fourth-order valence-corrected chi connectivity index (χ4v) is 6.92. The fraction of sp³-hybridized carbons (Fsp3) is 0.343. The van der Waals surface area contributed by atoms with Crippen LogP contribution in [0, 0.1) is 3.57 Å². The van der Waals surface area contributed by atoms with Crippen molar-refractivity contribution in [2.24, 2.45) is 0 Å². The Balaban J connectivity index is 0.000000369. The molecule has 49 heavy (non-hydrogen) atoms. The molecule has 0 atom stereocenters. The summed E-state index contributed by atoms with van der Waals surface area (Å²) in [5, 5.41) is 0. The number of carbonyl (C=O) groups is 1. The molecule has 0 radical (unpaired) electrons. The van der Waals surface area contributed by atoms with Crippen LogP contribution < -0.4 is 14.2 Å². The predicted octanol–water partition coefficient (Wildman–Crippen LogP) is 11.4. The smallest absolute Gasteiger partial charge is 0.186 e. The first-order chi connectivity index (χ1) is 23.3. The Labute approximate surface area is 326 Å². The van der Waals surface area contributed by atoms with E-state index in [1.165, 1.54) is 20.3 Å². The van der Waals surface area contributed by atoms with Crippen LogP contribution >= 0.6 is 70.4 Å². The van der Waals surface area contributed by atoms with Crippen LogP contribution in [0.2, 0.25) is 0 Å². The second kappa shape index (κ2) is 23.5. The van der Waals surface area contributed by atoms with E-state index in [9.17, 15) is 13.6 Å². The summed E-state index contributed by atoms with van der Waals surface area (Å²) in [6, 6.07) is 10.4. The molecular formula is C35H40Br3F2IO8. The molecule has 0 amide bonds. The normalized spacial score (nSPS) is 10.5. The van der Waals surface area contributed by atoms with Crippen molar-refractivity contribution < 1.29 is 46.7 Å². The van der Waals surface area contributed by atoms with E-state index >= 15 is 0 Å². The maximum absolute atomic E-state index is 13.5. The number of benzene rings is 3. The molecule has 8 nitrogen and oxygen atoms in total. The number of halogens is 6. The van der Waals surface area contributed by atoms with Crippen LogP contribution in [0.1, 0.15) is 66.0 Å². The number of aldehydes is 1. The van der Waals surface area contributed by atoms with Crippen LogP contribution in [-0.4, -0.2) is 54.5 Å². The van der Waals surface area contributed by atoms with Gasteiger partial charge in [-0.05, 0) is 79.8 Å². The van der Waals surface area contributed by atoms with Crippen molar-refractivity contribution in [2.75, 3.05) is 48.3 Å². The van der Waals surface area contributed by atoms with Gasteiger partial charge in [-0.25, -0.2) is 8.78 Å². The zero-order valence-electron chi connectivity index (χ0n) is 28.3. The SMILES string of the molecule is C=C(F)c1cc(Br)cc(C(OC)OC)c1OCC.C=C(F)c1cc(Br)cc(C=O)c1OCC.CCOc1c(I)cc(Br)cc1C(OC)OC. The molecule has 3 aromatic rings. The molecule has 0 aliphatic heterocycles. The summed E-state index contributed by atoms with van der Waals surface area (Å²) in [4.78, 5) is 10.8. The van der Waals surface area contributed by atoms with E-state index in [1.807, 2.05) is 26.0 Å². The molecule has 0 fully saturated rings. The monoisotopic (exact) mass is 990 g/mol. The molecule has 0 aliphatic carbocycles. The van der Waals surface area contributed by atoms with Crippen LogP contribution in [-0.2, 0) is 18.9 Å². The topological polar surface area (TPSA) is 81.7 Å². The van der Waals surface area contributed by atoms with Gasteiger partial charge in [0.1, 0.15) is 28.9 Å². The van der Waals surface area contributed by atoms with E-state index in [0.29, 0.717) is 57.5 Å². The van der Waals surface area contributed by atoms with Crippen LogP contribution in [0.15, 0.2) is 63.0 Å². The maximum atomic E-state index is 13.5. The molecule has 0 N–H and O–H groups in total. The van der Waals surface area contributed by atoms with E-state index in [-0.39, 0.29) is 11.3 Å². The second-order valence-corrected chi connectivity index (χ2v) is 13.3. The summed E-state index contributed by atoms with van der Waals surface area (Å²) in [6.45, 7) is 13.4. The van der Waals surface area contributed by atoms with Gasteiger partial charge in [0.2, 0.25) is 0 Å². The van der Waals surface area contributed by atoms with Gasteiger partial charge in [-0.3, -0.25) is 4.79 Å². The molecule has 14 heteroatoms. The highest BCUT2D eigenvalue weighted by molar-refractivity contribution is 14.1. The van der Waals surface area contributed by atoms with Crippen molar-refractivity contribution in [2.45, 2.75) is 33.4 Å². The van der Waals surface area contributed by atoms with Gasteiger partial charge in [-0.2, -0.15) is 0 Å². The van der Waals surface area contributed by atoms with E-state index in [0.717, 1.165) is 19.4 Å². The average Bonchev–Trinajstić information content (AvgIpc) is 3.05. The number of methoxy groups -OCH3 is 4. The molecule has 0 bridgehead atoms. The highest BCUT2D eigenvalue weighted by Gasteiger charge is 2.21. The summed E-state index contributed by atoms with van der Waals surface area (Å²) in [5.41, 5.74) is 2.31. The number of ether oxygens (including phenoxy) is 7. The second-order valence-electron chi connectivity index (χ2n) is 9.38. The van der Waals surface area contributed by atoms with E-state index < -0.39 is 24.2 Å². The quantitative estimate of drug-likeness (QED) is 0.0846. The van der Waals surface area contributed by atoms with Crippen molar-refractivity contribution in [3.8, 4) is 17.2 Å². The molecule has 0 heterocycles. The van der Waals surface area contributed by atoms with E-state index in [1.54, 1.807) is 39.3 Å². The molecule has 0 saturated carbocycles. The number of carbonyl (C=O) groups excluding carboxylic acids is 1. The average molecular weight is 993 g/mol. The molecule has 270 valence electrons. The molecule has 0 spiro atoms. The van der Waals surface area contributed by atoms with Crippen LogP contribution in [0.4, 0.5) is 8.78 Å². The molecular weight excluding hydrogens is 953 g/mol. The lowest BCUT2D eigenvalue weighted by molar-refractivity contribution is -0.107. The Morgan fingerprint density at radius 3 is 1.45 bits per heavy atom. The fourth-order valence-electron chi connectivity index (χ4n) is 4.26. The number of hydrogen-bond acceptors (Lipinski definition) is 8. The molecule has 0 unspecified atom stereocenters. The minimum absolute atomic E-state index is 0.202. The summed E-state index contributed by atoms with van der Waals surface area (Å²) in [6.07, 6.45) is -0.405. The predicted molar refractivity (Wildman–Crippen MR) is 208 cm³/mol. The molecule has 0 aliphatic rings. The third-order valence-corrected chi connectivity index (χ3v) is 8.32. The highest BCUT2D eigenvalue weighted by atomic mass is 127. The standard InChI is InChI=1S/C13H16BrFO3.C11H10BrFO2.C11H14BrIO3/c1-5-18-12-10(8(2)15)6-9(14)7-11(12)13(16-3)17-4;1-3-15-11-8(6-14)4-9(12)5-10(11)7(2)13;1-4-16-10-8(11(14-2)15-3)5-7(12)6-9(10)13/h6-7,13H,2,5H2,1,3-4H3;4-6H,2-3H2,1H3;5-6,11H,4H2,1-3H3. The van der Waals surface area contributed by atoms with E-state index in [2.05, 4.69) is 83.5 Å². The van der Waals surface area contributed by atoms with Crippen LogP contribution in [0.25, 0.3) is 11.7 Å². The first kappa shape index (κ1) is 45.1. The number of hydrogen-bond donors (Lipinski definition) is 0. The zero-order chi connectivity index (χ0) is 37.3. The van der Waals surface area contributed by atoms with Crippen molar-refractivity contribution in [1.29, 1.82) is 0 Å². The summed E-state index contributed by atoms with van der Waals surface area (Å²) >= 11 is 12.2. The highest BCUT2D eigenvalue weighted by Crippen LogP contribution is 2.38. The Morgan fingerprint density at radius 1 is 0.673 bits per heavy atom. The van der Waals surface area contributed by atoms with Gasteiger partial charge in [0, 0.05) is 41.9 Å². The van der Waals surface area contributed by atoms with Gasteiger partial charge in [0.05, 0.1) is 51.2 Å². The minimum atomic E-state index is -0.623. The van der Waals surface area contributed by atoms with Crippen molar-refractivity contribution in [3.05, 3.63) is 94.4 Å². The third kappa shape index (κ3) is 13.6. The molecule has 3 aromatic carbocycles. The van der Waals surface area contributed by atoms with Gasteiger partial charge >= 0.3 is 0 Å². The van der Waals surface area contributed by atoms with Gasteiger partial charge in [-0.1, -0.05) is 60.9 Å². The summed E-state index contributed by atoms with van der Waals surface area (Å²) < 4.78 is 67.1. The van der Waals surface area contributed by atoms with Crippen molar-refractivity contribution >= 4 is 88.3 Å². The van der Waals surface area contributed by atoms with Gasteiger partial charge in [0.15, 0.2) is 18.9 Å². The maximum Gasteiger partial charge on any atom is 0.186 e. The van der Waals surface area contributed by atoms with Crippen molar-refractivity contribution in [3.63, 3.8) is 0 Å². The third-order valence-electron chi connectivity index (χ3n) is 6.14. The van der Waals surface area contributed by atoms with Crippen molar-refractivity contribution in [1.82, 2.24) is 0 Å². The lowest BCUT2D eigenvalue weighted by atomic mass is 10.1. The first-order valence-corrected chi connectivity index (χ1v) is 18.0. The van der Waals surface area contributed by atoms with E-state index in [4.69, 9.17) is 33.2 Å². The summed E-state index contributed by atoms with van der Waals surface area (Å²) in [7, 11) is 6.23. The minimum Gasteiger partial charge on any atom is -0.493 e. The Hall–Kier alpha value is -1.92. The van der Waals surface area contributed by atoms with Gasteiger partial charge < -0.3 is 33.2 Å². The number of rotatable bonds is 15. The molecule has 0 saturated heterocycles. The molecule has 3 rings (SSSR count). The largest absolute Gasteiger partial charge is 0.493 e. The van der Waals surface area contributed by atoms with Crippen LogP contribution in [0.5, 0.6) is 17.2 Å². The Kier molecular flexibility index (Phi) is 21.7. The first-order valence-electron chi connectivity index (χ1n) is 14.6. The lowest BCUT2D eigenvalue weighted by Gasteiger charge is -2.20. The Morgan fingerprint density at radius 2 is 1.04 bits per heavy atom. The van der Waals surface area contributed by atoms with Crippen LogP contribution in [0.3, 0.4) is 0 Å². The Bertz CT molecular complexity index is 1550. The summed E-state index contributed by atoms with van der Waals surface area (Å²) in [5.74, 6) is 0.264. The molecule has 0 aromatic heterocycles. The zero-order valence-corrected chi connectivity index (χ0v) is 35.2. The van der Waals surface area contributed by atoms with Gasteiger partial charge in [0.25, 0.3) is 0 Å². The lowest BCUT2D eigenvalue weighted by Crippen LogP contribution is -2.08. The van der Waals surface area contributed by atoms with Gasteiger partial charge in [-0.15, -0.1) is 0 Å².